The van der Waals surface area contributed by atoms with Gasteiger partial charge in [-0.05, 0) is 46.5 Å². The summed E-state index contributed by atoms with van der Waals surface area (Å²) in [5, 5.41) is 3.58. The molecule has 0 aromatic heterocycles. The molecule has 98 valence electrons. The normalized spacial score (nSPS) is 23.7. The molecular formula is C13H15BrClNO2. The highest BCUT2D eigenvalue weighted by Crippen LogP contribution is 2.23. The van der Waals surface area contributed by atoms with E-state index in [1.54, 1.807) is 18.2 Å². The highest BCUT2D eigenvalue weighted by Gasteiger charge is 2.23. The third-order valence-electron chi connectivity index (χ3n) is 3.14. The van der Waals surface area contributed by atoms with Gasteiger partial charge in [-0.1, -0.05) is 18.5 Å². The summed E-state index contributed by atoms with van der Waals surface area (Å²) in [5.74, 6) is 0.261. The molecule has 0 spiro atoms. The fraction of sp³-hybridized carbons (Fsp3) is 0.462. The van der Waals surface area contributed by atoms with Crippen molar-refractivity contribution in [3.05, 3.63) is 33.3 Å². The second kappa shape index (κ2) is 6.04. The van der Waals surface area contributed by atoms with Crippen LogP contribution in [-0.2, 0) is 4.74 Å². The van der Waals surface area contributed by atoms with Crippen molar-refractivity contribution in [2.75, 3.05) is 13.2 Å². The van der Waals surface area contributed by atoms with E-state index in [9.17, 15) is 4.79 Å². The van der Waals surface area contributed by atoms with Crippen molar-refractivity contribution in [2.24, 2.45) is 5.92 Å². The molecule has 1 saturated heterocycles. The van der Waals surface area contributed by atoms with Crippen molar-refractivity contribution >= 4 is 33.4 Å². The zero-order valence-electron chi connectivity index (χ0n) is 10.1. The fourth-order valence-corrected chi connectivity index (χ4v) is 2.41. The molecule has 1 aliphatic rings. The zero-order chi connectivity index (χ0) is 13.1. The van der Waals surface area contributed by atoms with Crippen LogP contribution >= 0.6 is 27.5 Å². The number of rotatable bonds is 2. The first kappa shape index (κ1) is 13.8. The molecule has 0 bridgehead atoms. The Morgan fingerprint density at radius 1 is 1.56 bits per heavy atom. The predicted octanol–water partition coefficient (Wildman–Crippen LogP) is 3.26. The standard InChI is InChI=1S/C13H15BrClNO2/c1-8-7-18-5-4-12(8)16-13(17)9-2-3-10(14)11(15)6-9/h2-3,6,8,12H,4-5,7H2,1H3,(H,16,17). The van der Waals surface area contributed by atoms with Crippen molar-refractivity contribution in [2.45, 2.75) is 19.4 Å². The van der Waals surface area contributed by atoms with Crippen LogP contribution in [0.4, 0.5) is 0 Å². The Morgan fingerprint density at radius 2 is 2.33 bits per heavy atom. The quantitative estimate of drug-likeness (QED) is 0.903. The molecule has 1 N–H and O–H groups in total. The third kappa shape index (κ3) is 3.25. The maximum absolute atomic E-state index is 12.1. The predicted molar refractivity (Wildman–Crippen MR) is 75.0 cm³/mol. The number of carbonyl (C=O) groups excluding carboxylic acids is 1. The SMILES string of the molecule is CC1COCCC1NC(=O)c1ccc(Br)c(Cl)c1. The highest BCUT2D eigenvalue weighted by atomic mass is 79.9. The minimum Gasteiger partial charge on any atom is -0.381 e. The van der Waals surface area contributed by atoms with E-state index in [4.69, 9.17) is 16.3 Å². The van der Waals surface area contributed by atoms with Gasteiger partial charge in [-0.15, -0.1) is 0 Å². The van der Waals surface area contributed by atoms with Crippen molar-refractivity contribution in [3.8, 4) is 0 Å². The summed E-state index contributed by atoms with van der Waals surface area (Å²) >= 11 is 9.29. The van der Waals surface area contributed by atoms with Gasteiger partial charge in [-0.3, -0.25) is 4.79 Å². The average Bonchev–Trinajstić information content (AvgIpc) is 2.35. The molecule has 1 aliphatic heterocycles. The highest BCUT2D eigenvalue weighted by molar-refractivity contribution is 9.10. The number of halogens is 2. The molecule has 2 atom stereocenters. The molecule has 2 rings (SSSR count). The van der Waals surface area contributed by atoms with Crippen LogP contribution in [0, 0.1) is 5.92 Å². The lowest BCUT2D eigenvalue weighted by Gasteiger charge is -2.29. The van der Waals surface area contributed by atoms with Gasteiger partial charge in [0.1, 0.15) is 0 Å². The van der Waals surface area contributed by atoms with E-state index in [1.165, 1.54) is 0 Å². The molecule has 0 aliphatic carbocycles. The van der Waals surface area contributed by atoms with Crippen LogP contribution in [0.25, 0.3) is 0 Å². The van der Waals surface area contributed by atoms with E-state index in [0.717, 1.165) is 10.9 Å². The van der Waals surface area contributed by atoms with Crippen molar-refractivity contribution in [3.63, 3.8) is 0 Å². The van der Waals surface area contributed by atoms with Crippen molar-refractivity contribution < 1.29 is 9.53 Å². The van der Waals surface area contributed by atoms with E-state index in [-0.39, 0.29) is 11.9 Å². The van der Waals surface area contributed by atoms with Gasteiger partial charge < -0.3 is 10.1 Å². The molecule has 18 heavy (non-hydrogen) atoms. The van der Waals surface area contributed by atoms with Crippen LogP contribution in [-0.4, -0.2) is 25.2 Å². The molecule has 1 heterocycles. The number of amides is 1. The van der Waals surface area contributed by atoms with Gasteiger partial charge in [0, 0.05) is 22.7 Å². The molecule has 1 aromatic rings. The number of hydrogen-bond acceptors (Lipinski definition) is 2. The van der Waals surface area contributed by atoms with E-state index < -0.39 is 0 Å². The van der Waals surface area contributed by atoms with Crippen LogP contribution in [0.3, 0.4) is 0 Å². The topological polar surface area (TPSA) is 38.3 Å². The molecular weight excluding hydrogens is 318 g/mol. The first-order valence-electron chi connectivity index (χ1n) is 5.91. The van der Waals surface area contributed by atoms with Gasteiger partial charge in [0.2, 0.25) is 0 Å². The molecule has 3 nitrogen and oxygen atoms in total. The second-order valence-electron chi connectivity index (χ2n) is 4.55. The number of hydrogen-bond donors (Lipinski definition) is 1. The lowest BCUT2D eigenvalue weighted by Crippen LogP contribution is -2.44. The van der Waals surface area contributed by atoms with Crippen LogP contribution in [0.1, 0.15) is 23.7 Å². The fourth-order valence-electron chi connectivity index (χ4n) is 1.98. The van der Waals surface area contributed by atoms with Gasteiger partial charge in [-0.2, -0.15) is 0 Å². The Balaban J connectivity index is 2.04. The van der Waals surface area contributed by atoms with Crippen molar-refractivity contribution in [1.29, 1.82) is 0 Å². The first-order chi connectivity index (χ1) is 8.58. The van der Waals surface area contributed by atoms with Gasteiger partial charge in [0.25, 0.3) is 5.91 Å². The van der Waals surface area contributed by atoms with E-state index in [1.807, 2.05) is 0 Å². The lowest BCUT2D eigenvalue weighted by atomic mass is 9.97. The largest absolute Gasteiger partial charge is 0.381 e. The van der Waals surface area contributed by atoms with Crippen LogP contribution in [0.5, 0.6) is 0 Å². The average molecular weight is 333 g/mol. The number of ether oxygens (including phenoxy) is 1. The Kier molecular flexibility index (Phi) is 4.65. The summed E-state index contributed by atoms with van der Waals surface area (Å²) in [4.78, 5) is 12.1. The first-order valence-corrected chi connectivity index (χ1v) is 7.08. The summed E-state index contributed by atoms with van der Waals surface area (Å²) in [6, 6.07) is 5.39. The van der Waals surface area contributed by atoms with Gasteiger partial charge in [0.15, 0.2) is 0 Å². The van der Waals surface area contributed by atoms with Gasteiger partial charge >= 0.3 is 0 Å². The van der Waals surface area contributed by atoms with Gasteiger partial charge in [-0.25, -0.2) is 0 Å². The minimum atomic E-state index is -0.0804. The summed E-state index contributed by atoms with van der Waals surface area (Å²) in [5.41, 5.74) is 0.585. The third-order valence-corrected chi connectivity index (χ3v) is 4.37. The van der Waals surface area contributed by atoms with E-state index in [0.29, 0.717) is 29.7 Å². The molecule has 0 radical (unpaired) electrons. The van der Waals surface area contributed by atoms with Crippen LogP contribution < -0.4 is 5.32 Å². The number of carbonyl (C=O) groups is 1. The van der Waals surface area contributed by atoms with Crippen LogP contribution in [0.15, 0.2) is 22.7 Å². The molecule has 0 saturated carbocycles. The molecule has 1 fully saturated rings. The Bertz CT molecular complexity index is 453. The smallest absolute Gasteiger partial charge is 0.251 e. The second-order valence-corrected chi connectivity index (χ2v) is 5.81. The maximum Gasteiger partial charge on any atom is 0.251 e. The van der Waals surface area contributed by atoms with Gasteiger partial charge in [0.05, 0.1) is 11.6 Å². The summed E-state index contributed by atoms with van der Waals surface area (Å²) in [6.45, 7) is 3.49. The summed E-state index contributed by atoms with van der Waals surface area (Å²) in [7, 11) is 0. The zero-order valence-corrected chi connectivity index (χ0v) is 12.4. The number of nitrogens with one attached hydrogen (secondary N) is 1. The molecule has 5 heteroatoms. The van der Waals surface area contributed by atoms with Crippen molar-refractivity contribution in [1.82, 2.24) is 5.32 Å². The van der Waals surface area contributed by atoms with E-state index in [2.05, 4.69) is 28.2 Å². The minimum absolute atomic E-state index is 0.0804. The maximum atomic E-state index is 12.1. The lowest BCUT2D eigenvalue weighted by molar-refractivity contribution is 0.0375. The molecule has 2 unspecified atom stereocenters. The molecule has 1 aromatic carbocycles. The monoisotopic (exact) mass is 331 g/mol. The Hall–Kier alpha value is -0.580. The Morgan fingerprint density at radius 3 is 3.00 bits per heavy atom. The van der Waals surface area contributed by atoms with Crippen LogP contribution in [0.2, 0.25) is 5.02 Å². The Labute approximate surface area is 120 Å². The van der Waals surface area contributed by atoms with E-state index >= 15 is 0 Å². The summed E-state index contributed by atoms with van der Waals surface area (Å²) in [6.07, 6.45) is 0.858. The summed E-state index contributed by atoms with van der Waals surface area (Å²) < 4.78 is 6.15. The molecule has 1 amide bonds. The number of benzene rings is 1.